The maximum absolute atomic E-state index is 12.6. The van der Waals surface area contributed by atoms with Gasteiger partial charge in [-0.25, -0.2) is 0 Å². The number of aryl methyl sites for hydroxylation is 1. The molecule has 0 aliphatic rings. The molecule has 3 rings (SSSR count). The summed E-state index contributed by atoms with van der Waals surface area (Å²) in [6, 6.07) is 11.8. The van der Waals surface area contributed by atoms with Gasteiger partial charge in [-0.1, -0.05) is 6.07 Å². The Labute approximate surface area is 190 Å². The molecule has 5 N–H and O–H groups in total. The minimum Gasteiger partial charge on any atom is -0.493 e. The van der Waals surface area contributed by atoms with E-state index in [4.69, 9.17) is 15.0 Å². The molecule has 0 heterocycles. The Balaban J connectivity index is 1.93. The largest absolute Gasteiger partial charge is 0.493 e. The van der Waals surface area contributed by atoms with Gasteiger partial charge in [-0.15, -0.1) is 0 Å². The van der Waals surface area contributed by atoms with Crippen molar-refractivity contribution in [2.75, 3.05) is 23.4 Å². The molecular weight excluding hydrogens is 472 g/mol. The van der Waals surface area contributed by atoms with Crippen LogP contribution >= 0.6 is 0 Å². The number of rotatable bonds is 8. The summed E-state index contributed by atoms with van der Waals surface area (Å²) in [6.45, 7) is 1.63. The van der Waals surface area contributed by atoms with Crippen molar-refractivity contribution in [2.45, 2.75) is 18.2 Å². The Kier molecular flexibility index (Phi) is 6.93. The molecule has 33 heavy (non-hydrogen) atoms. The molecule has 0 atom stereocenters. The second-order valence-corrected chi connectivity index (χ2v) is 10.3. The number of nitrogens with two attached hydrogens (primary N) is 1. The molecule has 0 bridgehead atoms. The number of fused-ring (bicyclic) bond motifs is 1. The van der Waals surface area contributed by atoms with Gasteiger partial charge < -0.3 is 15.8 Å². The van der Waals surface area contributed by atoms with Gasteiger partial charge in [0.25, 0.3) is 26.1 Å². The fraction of sp³-hybridized carbons (Fsp3) is 0.190. The number of hydrogen-bond donors (Lipinski definition) is 4. The molecule has 10 nitrogen and oxygen atoms in total. The molecule has 0 saturated carbocycles. The highest BCUT2D eigenvalue weighted by molar-refractivity contribution is 7.86. The predicted octanol–water partition coefficient (Wildman–Crippen LogP) is 2.89. The quantitative estimate of drug-likeness (QED) is 0.208. The van der Waals surface area contributed by atoms with Crippen LogP contribution in [0.2, 0.25) is 0 Å². The van der Waals surface area contributed by atoms with E-state index in [1.807, 2.05) is 0 Å². The SMILES string of the molecule is Cc1cc(C(=O)Nc2ccc3cc(S(=O)(=O)O)cc(OCCCS(=O)(=O)O)c3c2)ccc1N. The highest BCUT2D eigenvalue weighted by Crippen LogP contribution is 2.32. The van der Waals surface area contributed by atoms with Crippen LogP contribution in [0.15, 0.2) is 53.4 Å². The molecule has 0 radical (unpaired) electrons. The zero-order valence-corrected chi connectivity index (χ0v) is 19.1. The number of amides is 1. The van der Waals surface area contributed by atoms with Gasteiger partial charge in [0.2, 0.25) is 0 Å². The molecule has 0 fully saturated rings. The third-order valence-electron chi connectivity index (χ3n) is 4.78. The smallest absolute Gasteiger partial charge is 0.294 e. The number of carbonyl (C=O) groups is 1. The first-order valence-electron chi connectivity index (χ1n) is 9.64. The van der Waals surface area contributed by atoms with E-state index in [9.17, 15) is 26.2 Å². The number of anilines is 2. The van der Waals surface area contributed by atoms with Gasteiger partial charge in [0, 0.05) is 28.4 Å². The van der Waals surface area contributed by atoms with Crippen LogP contribution in [-0.2, 0) is 20.2 Å². The van der Waals surface area contributed by atoms with Crippen molar-refractivity contribution in [2.24, 2.45) is 0 Å². The van der Waals surface area contributed by atoms with Crippen LogP contribution in [0, 0.1) is 6.92 Å². The van der Waals surface area contributed by atoms with Gasteiger partial charge in [-0.3, -0.25) is 13.9 Å². The highest BCUT2D eigenvalue weighted by atomic mass is 32.2. The van der Waals surface area contributed by atoms with E-state index >= 15 is 0 Å². The van der Waals surface area contributed by atoms with E-state index in [-0.39, 0.29) is 24.7 Å². The molecule has 0 spiro atoms. The van der Waals surface area contributed by atoms with Crippen LogP contribution < -0.4 is 15.8 Å². The third kappa shape index (κ3) is 6.42. The molecule has 3 aromatic carbocycles. The Morgan fingerprint density at radius 3 is 2.39 bits per heavy atom. The highest BCUT2D eigenvalue weighted by Gasteiger charge is 2.16. The molecule has 3 aromatic rings. The molecule has 176 valence electrons. The van der Waals surface area contributed by atoms with E-state index in [2.05, 4.69) is 5.32 Å². The van der Waals surface area contributed by atoms with Crippen molar-refractivity contribution in [1.82, 2.24) is 0 Å². The summed E-state index contributed by atoms with van der Waals surface area (Å²) in [4.78, 5) is 12.2. The minimum atomic E-state index is -4.54. The lowest BCUT2D eigenvalue weighted by molar-refractivity contribution is 0.102. The van der Waals surface area contributed by atoms with E-state index < -0.39 is 30.9 Å². The average Bonchev–Trinajstić information content (AvgIpc) is 2.71. The fourth-order valence-corrected chi connectivity index (χ4v) is 4.10. The minimum absolute atomic E-state index is 0.0508. The van der Waals surface area contributed by atoms with E-state index in [1.54, 1.807) is 43.3 Å². The maximum Gasteiger partial charge on any atom is 0.294 e. The number of hydrogen-bond acceptors (Lipinski definition) is 7. The van der Waals surface area contributed by atoms with Crippen molar-refractivity contribution in [3.8, 4) is 5.75 Å². The summed E-state index contributed by atoms with van der Waals surface area (Å²) in [5.41, 5.74) is 7.88. The van der Waals surface area contributed by atoms with Crippen molar-refractivity contribution in [3.05, 3.63) is 59.7 Å². The predicted molar refractivity (Wildman–Crippen MR) is 124 cm³/mol. The number of ether oxygens (including phenoxy) is 1. The van der Waals surface area contributed by atoms with Crippen LogP contribution in [0.5, 0.6) is 5.75 Å². The first-order chi connectivity index (χ1) is 15.3. The lowest BCUT2D eigenvalue weighted by atomic mass is 10.1. The van der Waals surface area contributed by atoms with Gasteiger partial charge in [-0.2, -0.15) is 16.8 Å². The molecule has 0 unspecified atom stereocenters. The number of nitrogens with one attached hydrogen (secondary N) is 1. The monoisotopic (exact) mass is 494 g/mol. The molecule has 0 aliphatic heterocycles. The second-order valence-electron chi connectivity index (χ2n) is 7.35. The number of benzene rings is 3. The first kappa shape index (κ1) is 24.5. The topological polar surface area (TPSA) is 173 Å². The second kappa shape index (κ2) is 9.35. The molecule has 0 saturated heterocycles. The van der Waals surface area contributed by atoms with Gasteiger partial charge >= 0.3 is 0 Å². The first-order valence-corrected chi connectivity index (χ1v) is 12.7. The maximum atomic E-state index is 12.6. The summed E-state index contributed by atoms with van der Waals surface area (Å²) in [5.74, 6) is -0.872. The van der Waals surface area contributed by atoms with Gasteiger partial charge in [0.1, 0.15) is 5.75 Å². The van der Waals surface area contributed by atoms with Crippen molar-refractivity contribution in [3.63, 3.8) is 0 Å². The van der Waals surface area contributed by atoms with E-state index in [0.717, 1.165) is 11.6 Å². The molecule has 0 aromatic heterocycles. The van der Waals surface area contributed by atoms with Crippen molar-refractivity contribution < 1.29 is 35.5 Å². The van der Waals surface area contributed by atoms with E-state index in [0.29, 0.717) is 27.7 Å². The summed E-state index contributed by atoms with van der Waals surface area (Å²) >= 11 is 0. The molecular formula is C21H22N2O8S2. The summed E-state index contributed by atoms with van der Waals surface area (Å²) in [5, 5.41) is 3.56. The van der Waals surface area contributed by atoms with Crippen LogP contribution in [-0.4, -0.2) is 44.2 Å². The Hall–Kier alpha value is -3.19. The lowest BCUT2D eigenvalue weighted by Gasteiger charge is -2.13. The van der Waals surface area contributed by atoms with Gasteiger partial charge in [0.05, 0.1) is 17.3 Å². The van der Waals surface area contributed by atoms with Crippen LogP contribution in [0.3, 0.4) is 0 Å². The van der Waals surface area contributed by atoms with Crippen molar-refractivity contribution in [1.29, 1.82) is 0 Å². The Bertz CT molecular complexity index is 1430. The van der Waals surface area contributed by atoms with Crippen LogP contribution in [0.1, 0.15) is 22.3 Å². The summed E-state index contributed by atoms with van der Waals surface area (Å²) < 4.78 is 68.9. The zero-order chi connectivity index (χ0) is 24.4. The molecule has 1 amide bonds. The average molecular weight is 495 g/mol. The standard InChI is InChI=1S/C21H22N2O8S2/c1-13-9-15(4-6-19(13)22)21(24)23-16-5-3-14-10-17(33(28,29)30)12-20(18(14)11-16)31-7-2-8-32(25,26)27/h3-6,9-12H,2,7-8,22H2,1H3,(H,23,24)(H,25,26,27)(H,28,29,30). The van der Waals surface area contributed by atoms with Gasteiger partial charge in [0.15, 0.2) is 0 Å². The normalized spacial score (nSPS) is 12.0. The third-order valence-corrected chi connectivity index (χ3v) is 6.42. The van der Waals surface area contributed by atoms with Crippen LogP contribution in [0.4, 0.5) is 11.4 Å². The number of carbonyl (C=O) groups excluding carboxylic acids is 1. The Morgan fingerprint density at radius 1 is 1.03 bits per heavy atom. The lowest BCUT2D eigenvalue weighted by Crippen LogP contribution is -2.12. The fourth-order valence-electron chi connectivity index (χ4n) is 3.09. The van der Waals surface area contributed by atoms with Gasteiger partial charge in [-0.05, 0) is 60.7 Å². The van der Waals surface area contributed by atoms with E-state index in [1.165, 1.54) is 6.07 Å². The Morgan fingerprint density at radius 2 is 1.76 bits per heavy atom. The molecule has 0 aliphatic carbocycles. The van der Waals surface area contributed by atoms with Crippen molar-refractivity contribution >= 4 is 48.3 Å². The summed E-state index contributed by atoms with van der Waals surface area (Å²) in [6.07, 6.45) is -0.0522. The summed E-state index contributed by atoms with van der Waals surface area (Å²) in [7, 11) is -8.72. The molecule has 12 heteroatoms. The number of nitrogen functional groups attached to an aromatic ring is 1. The zero-order valence-electron chi connectivity index (χ0n) is 17.5. The van der Waals surface area contributed by atoms with Crippen LogP contribution in [0.25, 0.3) is 10.8 Å².